The van der Waals surface area contributed by atoms with Crippen LogP contribution in [-0.2, 0) is 7.05 Å². The molecule has 1 aliphatic heterocycles. The van der Waals surface area contributed by atoms with E-state index in [1.807, 2.05) is 19.3 Å². The van der Waals surface area contributed by atoms with Crippen LogP contribution in [0.15, 0.2) is 12.3 Å². The lowest BCUT2D eigenvalue weighted by molar-refractivity contribution is 0.193. The maximum absolute atomic E-state index is 10.9. The van der Waals surface area contributed by atoms with Gasteiger partial charge in [-0.25, -0.2) is 4.79 Å². The molecule has 0 unspecified atom stereocenters. The van der Waals surface area contributed by atoms with E-state index in [1.165, 1.54) is 0 Å². The second-order valence-corrected chi connectivity index (χ2v) is 4.12. The van der Waals surface area contributed by atoms with Crippen LogP contribution in [0.2, 0.25) is 0 Å². The summed E-state index contributed by atoms with van der Waals surface area (Å²) in [7, 11) is 1.89. The molecule has 88 valence electrons. The van der Waals surface area contributed by atoms with Gasteiger partial charge in [-0.15, -0.1) is 0 Å². The van der Waals surface area contributed by atoms with E-state index < -0.39 is 0 Å². The van der Waals surface area contributed by atoms with Crippen molar-refractivity contribution in [2.75, 3.05) is 18.4 Å². The molecular formula is C10H17N5O. The number of aryl methyl sites for hydroxylation is 1. The number of anilines is 1. The second-order valence-electron chi connectivity index (χ2n) is 4.12. The number of amides is 2. The summed E-state index contributed by atoms with van der Waals surface area (Å²) in [5, 5.41) is 7.61. The number of likely N-dealkylation sites (tertiary alicyclic amines) is 1. The molecule has 1 aromatic heterocycles. The normalized spacial score (nSPS) is 17.4. The standard InChI is InChI=1S/C10H17N5O/c1-14-5-4-9(13-14)12-8-2-6-15(7-3-8)10(11)16/h4-5,8H,2-3,6-7H2,1H3,(H2,11,16)(H,12,13). The average Bonchev–Trinajstić information content (AvgIpc) is 2.65. The molecule has 1 aromatic rings. The average molecular weight is 223 g/mol. The summed E-state index contributed by atoms with van der Waals surface area (Å²) in [5.74, 6) is 0.889. The Hall–Kier alpha value is -1.72. The first-order chi connectivity index (χ1) is 7.65. The summed E-state index contributed by atoms with van der Waals surface area (Å²) < 4.78 is 1.76. The van der Waals surface area contributed by atoms with Gasteiger partial charge in [0, 0.05) is 38.4 Å². The molecule has 2 amide bonds. The molecule has 6 heteroatoms. The van der Waals surface area contributed by atoms with Crippen LogP contribution in [0.3, 0.4) is 0 Å². The molecule has 0 aromatic carbocycles. The zero-order valence-electron chi connectivity index (χ0n) is 9.39. The minimum absolute atomic E-state index is 0.323. The molecule has 0 atom stereocenters. The quantitative estimate of drug-likeness (QED) is 0.760. The third-order valence-corrected chi connectivity index (χ3v) is 2.87. The number of carbonyl (C=O) groups excluding carboxylic acids is 1. The zero-order chi connectivity index (χ0) is 11.5. The van der Waals surface area contributed by atoms with Crippen molar-refractivity contribution in [3.8, 4) is 0 Å². The number of nitrogens with zero attached hydrogens (tertiary/aromatic N) is 3. The number of carbonyl (C=O) groups is 1. The topological polar surface area (TPSA) is 76.2 Å². The van der Waals surface area contributed by atoms with Crippen LogP contribution in [0.4, 0.5) is 10.6 Å². The Morgan fingerprint density at radius 3 is 2.75 bits per heavy atom. The third kappa shape index (κ3) is 2.44. The SMILES string of the molecule is Cn1ccc(NC2CCN(C(N)=O)CC2)n1. The minimum Gasteiger partial charge on any atom is -0.366 e. The minimum atomic E-state index is -0.323. The van der Waals surface area contributed by atoms with Gasteiger partial charge in [0.2, 0.25) is 0 Å². The van der Waals surface area contributed by atoms with E-state index >= 15 is 0 Å². The molecule has 0 bridgehead atoms. The summed E-state index contributed by atoms with van der Waals surface area (Å²) in [4.78, 5) is 12.6. The molecule has 16 heavy (non-hydrogen) atoms. The highest BCUT2D eigenvalue weighted by atomic mass is 16.2. The zero-order valence-corrected chi connectivity index (χ0v) is 9.39. The van der Waals surface area contributed by atoms with Gasteiger partial charge >= 0.3 is 6.03 Å². The number of aromatic nitrogens is 2. The number of nitrogens with two attached hydrogens (primary N) is 1. The van der Waals surface area contributed by atoms with Crippen molar-refractivity contribution >= 4 is 11.8 Å². The number of piperidine rings is 1. The number of rotatable bonds is 2. The van der Waals surface area contributed by atoms with Gasteiger partial charge in [-0.1, -0.05) is 0 Å². The predicted octanol–water partition coefficient (Wildman–Crippen LogP) is 0.375. The van der Waals surface area contributed by atoms with Crippen molar-refractivity contribution in [2.24, 2.45) is 12.8 Å². The van der Waals surface area contributed by atoms with Crippen molar-refractivity contribution in [3.63, 3.8) is 0 Å². The van der Waals surface area contributed by atoms with Gasteiger partial charge in [-0.2, -0.15) is 5.10 Å². The van der Waals surface area contributed by atoms with E-state index in [-0.39, 0.29) is 6.03 Å². The lowest BCUT2D eigenvalue weighted by atomic mass is 10.1. The van der Waals surface area contributed by atoms with Gasteiger partial charge in [0.05, 0.1) is 0 Å². The molecule has 1 aliphatic rings. The number of urea groups is 1. The molecule has 1 saturated heterocycles. The Morgan fingerprint density at radius 2 is 2.25 bits per heavy atom. The molecule has 0 saturated carbocycles. The van der Waals surface area contributed by atoms with Gasteiger partial charge in [-0.05, 0) is 12.8 Å². The Kier molecular flexibility index (Phi) is 2.98. The third-order valence-electron chi connectivity index (χ3n) is 2.87. The van der Waals surface area contributed by atoms with Crippen molar-refractivity contribution in [1.82, 2.24) is 14.7 Å². The maximum atomic E-state index is 10.9. The van der Waals surface area contributed by atoms with E-state index in [0.29, 0.717) is 6.04 Å². The molecule has 2 heterocycles. The summed E-state index contributed by atoms with van der Waals surface area (Å²) in [6.07, 6.45) is 3.74. The molecule has 3 N–H and O–H groups in total. The monoisotopic (exact) mass is 223 g/mol. The number of primary amides is 1. The molecule has 1 fully saturated rings. The molecular weight excluding hydrogens is 206 g/mol. The fraction of sp³-hybridized carbons (Fsp3) is 0.600. The Balaban J connectivity index is 1.83. The first kappa shape index (κ1) is 10.8. The van der Waals surface area contributed by atoms with Gasteiger partial charge in [0.1, 0.15) is 5.82 Å². The van der Waals surface area contributed by atoms with E-state index in [1.54, 1.807) is 9.58 Å². The highest BCUT2D eigenvalue weighted by Crippen LogP contribution is 2.14. The van der Waals surface area contributed by atoms with Crippen molar-refractivity contribution in [1.29, 1.82) is 0 Å². The van der Waals surface area contributed by atoms with Crippen LogP contribution >= 0.6 is 0 Å². The van der Waals surface area contributed by atoms with Crippen LogP contribution in [-0.4, -0.2) is 39.8 Å². The van der Waals surface area contributed by atoms with E-state index in [0.717, 1.165) is 31.7 Å². The summed E-state index contributed by atoms with van der Waals surface area (Å²) in [6.45, 7) is 1.44. The predicted molar refractivity (Wildman–Crippen MR) is 61.0 cm³/mol. The first-order valence-electron chi connectivity index (χ1n) is 5.46. The first-order valence-corrected chi connectivity index (χ1v) is 5.46. The summed E-state index contributed by atoms with van der Waals surface area (Å²) in [5.41, 5.74) is 5.22. The number of hydrogen-bond acceptors (Lipinski definition) is 3. The Bertz CT molecular complexity index is 367. The Morgan fingerprint density at radius 1 is 1.56 bits per heavy atom. The van der Waals surface area contributed by atoms with Crippen molar-refractivity contribution in [3.05, 3.63) is 12.3 Å². The van der Waals surface area contributed by atoms with E-state index in [4.69, 9.17) is 5.73 Å². The van der Waals surface area contributed by atoms with Crippen LogP contribution < -0.4 is 11.1 Å². The fourth-order valence-electron chi connectivity index (χ4n) is 1.95. The lowest BCUT2D eigenvalue weighted by Crippen LogP contribution is -2.44. The van der Waals surface area contributed by atoms with Crippen LogP contribution in [0.5, 0.6) is 0 Å². The highest BCUT2D eigenvalue weighted by molar-refractivity contribution is 5.72. The van der Waals surface area contributed by atoms with E-state index in [2.05, 4.69) is 10.4 Å². The van der Waals surface area contributed by atoms with Gasteiger partial charge in [0.25, 0.3) is 0 Å². The van der Waals surface area contributed by atoms with Crippen LogP contribution in [0.25, 0.3) is 0 Å². The molecule has 2 rings (SSSR count). The van der Waals surface area contributed by atoms with Gasteiger partial charge in [-0.3, -0.25) is 4.68 Å². The summed E-state index contributed by atoms with van der Waals surface area (Å²) in [6, 6.07) is 2.00. The molecule has 0 spiro atoms. The lowest BCUT2D eigenvalue weighted by Gasteiger charge is -2.31. The Labute approximate surface area is 94.4 Å². The van der Waals surface area contributed by atoms with Crippen molar-refractivity contribution in [2.45, 2.75) is 18.9 Å². The number of nitrogens with one attached hydrogen (secondary N) is 1. The molecule has 0 radical (unpaired) electrons. The second kappa shape index (κ2) is 4.42. The van der Waals surface area contributed by atoms with Crippen molar-refractivity contribution < 1.29 is 4.79 Å². The van der Waals surface area contributed by atoms with Gasteiger partial charge < -0.3 is 16.0 Å². The largest absolute Gasteiger partial charge is 0.366 e. The maximum Gasteiger partial charge on any atom is 0.314 e. The highest BCUT2D eigenvalue weighted by Gasteiger charge is 2.21. The molecule has 6 nitrogen and oxygen atoms in total. The fourth-order valence-corrected chi connectivity index (χ4v) is 1.95. The van der Waals surface area contributed by atoms with Crippen LogP contribution in [0.1, 0.15) is 12.8 Å². The van der Waals surface area contributed by atoms with E-state index in [9.17, 15) is 4.79 Å². The van der Waals surface area contributed by atoms with Gasteiger partial charge in [0.15, 0.2) is 0 Å². The molecule has 0 aliphatic carbocycles. The van der Waals surface area contributed by atoms with Crippen LogP contribution in [0, 0.1) is 0 Å². The summed E-state index contributed by atoms with van der Waals surface area (Å²) >= 11 is 0. The smallest absolute Gasteiger partial charge is 0.314 e. The number of hydrogen-bond donors (Lipinski definition) is 2.